The normalized spacial score (nSPS) is 54.9. The first-order valence-corrected chi connectivity index (χ1v) is 11.3. The maximum absolute atomic E-state index is 11.4. The van der Waals surface area contributed by atoms with Gasteiger partial charge < -0.3 is 19.7 Å². The number of fused-ring (bicyclic) bond motifs is 5. The first-order valence-electron chi connectivity index (χ1n) is 11.3. The van der Waals surface area contributed by atoms with E-state index >= 15 is 0 Å². The van der Waals surface area contributed by atoms with E-state index in [9.17, 15) is 10.2 Å². The molecule has 0 aromatic rings. The maximum Gasteiger partial charge on any atom is 0.0840 e. The lowest BCUT2D eigenvalue weighted by Crippen LogP contribution is -2.61. The Kier molecular flexibility index (Phi) is 5.42. The van der Waals surface area contributed by atoms with E-state index in [-0.39, 0.29) is 23.7 Å². The van der Waals surface area contributed by atoms with Gasteiger partial charge in [0.25, 0.3) is 0 Å². The van der Waals surface area contributed by atoms with E-state index in [0.717, 1.165) is 31.1 Å². The van der Waals surface area contributed by atoms with Crippen LogP contribution in [0.3, 0.4) is 0 Å². The molecule has 0 heterocycles. The summed E-state index contributed by atoms with van der Waals surface area (Å²) < 4.78 is 11.2. The number of ether oxygens (including phenoxy) is 2. The van der Waals surface area contributed by atoms with E-state index in [1.807, 2.05) is 0 Å². The molecular formula is C23H40O4. The molecular weight excluding hydrogens is 340 g/mol. The van der Waals surface area contributed by atoms with Crippen molar-refractivity contribution in [2.45, 2.75) is 84.0 Å². The van der Waals surface area contributed by atoms with Crippen molar-refractivity contribution in [3.8, 4) is 0 Å². The van der Waals surface area contributed by atoms with Gasteiger partial charge in [-0.05, 0) is 85.4 Å². The molecule has 0 bridgehead atoms. The molecule has 4 aliphatic carbocycles. The Morgan fingerprint density at radius 2 is 1.70 bits per heavy atom. The predicted octanol–water partition coefficient (Wildman–Crippen LogP) is 3.64. The second-order valence-electron chi connectivity index (χ2n) is 10.7. The van der Waals surface area contributed by atoms with Crippen molar-refractivity contribution < 1.29 is 19.7 Å². The van der Waals surface area contributed by atoms with Crippen LogP contribution < -0.4 is 0 Å². The average molecular weight is 381 g/mol. The number of methoxy groups -OCH3 is 1. The van der Waals surface area contributed by atoms with E-state index in [2.05, 4.69) is 20.8 Å². The average Bonchev–Trinajstić information content (AvgIpc) is 2.90. The standard InChI is InChI=1S/C23H40O4/c1-14-5-8-17-16-7-6-15-11-18(24)20(27-10-9-26-4)13-23(15,3)21(16)19(25)12-22(14,17)2/h14-21,24-25H,5-13H2,1-4H3/t14-,15+,16+,17+,18+,19+,20+,21-,22-,23+/m1/s1. The minimum Gasteiger partial charge on any atom is -0.393 e. The fourth-order valence-electron chi connectivity index (χ4n) is 8.08. The number of hydrogen-bond donors (Lipinski definition) is 2. The molecule has 4 rings (SSSR count). The third-order valence-corrected chi connectivity index (χ3v) is 9.68. The highest BCUT2D eigenvalue weighted by Crippen LogP contribution is 2.67. The van der Waals surface area contributed by atoms with Gasteiger partial charge in [0, 0.05) is 7.11 Å². The topological polar surface area (TPSA) is 58.9 Å². The quantitative estimate of drug-likeness (QED) is 0.731. The molecule has 4 heteroatoms. The summed E-state index contributed by atoms with van der Waals surface area (Å²) >= 11 is 0. The van der Waals surface area contributed by atoms with Crippen LogP contribution in [-0.4, -0.2) is 48.8 Å². The highest BCUT2D eigenvalue weighted by Gasteiger charge is 2.63. The van der Waals surface area contributed by atoms with Crippen molar-refractivity contribution in [1.82, 2.24) is 0 Å². The molecule has 4 nitrogen and oxygen atoms in total. The van der Waals surface area contributed by atoms with E-state index in [1.165, 1.54) is 25.7 Å². The van der Waals surface area contributed by atoms with Gasteiger partial charge in [0.15, 0.2) is 0 Å². The van der Waals surface area contributed by atoms with Gasteiger partial charge in [0.05, 0.1) is 31.5 Å². The summed E-state index contributed by atoms with van der Waals surface area (Å²) in [7, 11) is 1.68. The lowest BCUT2D eigenvalue weighted by atomic mass is 9.43. The summed E-state index contributed by atoms with van der Waals surface area (Å²) in [6.07, 6.45) is 7.03. The Hall–Kier alpha value is -0.160. The lowest BCUT2D eigenvalue weighted by molar-refractivity contribution is -0.204. The van der Waals surface area contributed by atoms with E-state index < -0.39 is 0 Å². The van der Waals surface area contributed by atoms with Crippen LogP contribution >= 0.6 is 0 Å². The Morgan fingerprint density at radius 3 is 2.44 bits per heavy atom. The molecule has 156 valence electrons. The maximum atomic E-state index is 11.4. The van der Waals surface area contributed by atoms with Gasteiger partial charge in [-0.25, -0.2) is 0 Å². The summed E-state index contributed by atoms with van der Waals surface area (Å²) in [5.74, 6) is 3.00. The Bertz CT molecular complexity index is 538. The first kappa shape index (κ1) is 20.1. The SMILES string of the molecule is COCCO[C@H]1C[C@@]2(C)[C@@H](CC[C@@H]3[C@@H]2[C@@H](O)C[C@]2(C)[C@H](C)CC[C@@H]32)C[C@@H]1O. The van der Waals surface area contributed by atoms with Gasteiger partial charge in [0.2, 0.25) is 0 Å². The van der Waals surface area contributed by atoms with Crippen LogP contribution in [0.25, 0.3) is 0 Å². The third-order valence-electron chi connectivity index (χ3n) is 9.68. The van der Waals surface area contributed by atoms with Crippen LogP contribution in [0.15, 0.2) is 0 Å². The number of hydrogen-bond acceptors (Lipinski definition) is 4. The Balaban J connectivity index is 1.58. The summed E-state index contributed by atoms with van der Waals surface area (Å²) in [6, 6.07) is 0. The lowest BCUT2D eigenvalue weighted by Gasteiger charge is -2.63. The fraction of sp³-hybridized carbons (Fsp3) is 1.00. The van der Waals surface area contributed by atoms with Gasteiger partial charge in [0.1, 0.15) is 0 Å². The molecule has 10 atom stereocenters. The second-order valence-corrected chi connectivity index (χ2v) is 10.7. The van der Waals surface area contributed by atoms with Gasteiger partial charge in [-0.15, -0.1) is 0 Å². The predicted molar refractivity (Wildman–Crippen MR) is 105 cm³/mol. The molecule has 4 fully saturated rings. The van der Waals surface area contributed by atoms with E-state index in [1.54, 1.807) is 7.11 Å². The molecule has 2 N–H and O–H groups in total. The molecule has 0 saturated heterocycles. The van der Waals surface area contributed by atoms with Crippen molar-refractivity contribution >= 4 is 0 Å². The van der Waals surface area contributed by atoms with Gasteiger partial charge >= 0.3 is 0 Å². The number of rotatable bonds is 4. The van der Waals surface area contributed by atoms with Gasteiger partial charge in [-0.2, -0.15) is 0 Å². The van der Waals surface area contributed by atoms with Crippen molar-refractivity contribution in [1.29, 1.82) is 0 Å². The van der Waals surface area contributed by atoms with Gasteiger partial charge in [-0.3, -0.25) is 0 Å². The van der Waals surface area contributed by atoms with Crippen molar-refractivity contribution in [2.75, 3.05) is 20.3 Å². The molecule has 4 aliphatic rings. The van der Waals surface area contributed by atoms with Crippen LogP contribution in [0, 0.1) is 40.4 Å². The molecule has 27 heavy (non-hydrogen) atoms. The number of aliphatic hydroxyl groups is 2. The van der Waals surface area contributed by atoms with E-state index in [4.69, 9.17) is 9.47 Å². The van der Waals surface area contributed by atoms with Crippen LogP contribution in [0.4, 0.5) is 0 Å². The van der Waals surface area contributed by atoms with Gasteiger partial charge in [-0.1, -0.05) is 20.8 Å². The van der Waals surface area contributed by atoms with Crippen molar-refractivity contribution in [3.63, 3.8) is 0 Å². The molecule has 0 aliphatic heterocycles. The molecule has 0 unspecified atom stereocenters. The zero-order valence-corrected chi connectivity index (χ0v) is 17.7. The smallest absolute Gasteiger partial charge is 0.0840 e. The molecule has 0 spiro atoms. The molecule has 0 amide bonds. The second kappa shape index (κ2) is 7.27. The zero-order valence-electron chi connectivity index (χ0n) is 17.7. The number of aliphatic hydroxyl groups excluding tert-OH is 2. The van der Waals surface area contributed by atoms with Crippen LogP contribution in [0.1, 0.15) is 65.7 Å². The van der Waals surface area contributed by atoms with Crippen LogP contribution in [0.5, 0.6) is 0 Å². The van der Waals surface area contributed by atoms with E-state index in [0.29, 0.717) is 36.4 Å². The molecule has 0 radical (unpaired) electrons. The molecule has 0 aromatic heterocycles. The largest absolute Gasteiger partial charge is 0.393 e. The van der Waals surface area contributed by atoms with Crippen molar-refractivity contribution in [3.05, 3.63) is 0 Å². The zero-order chi connectivity index (χ0) is 19.4. The van der Waals surface area contributed by atoms with Crippen LogP contribution in [-0.2, 0) is 9.47 Å². The van der Waals surface area contributed by atoms with Crippen molar-refractivity contribution in [2.24, 2.45) is 40.4 Å². The fourth-order valence-corrected chi connectivity index (χ4v) is 8.08. The minimum absolute atomic E-state index is 0.0759. The highest BCUT2D eigenvalue weighted by atomic mass is 16.5. The minimum atomic E-state index is -0.381. The third kappa shape index (κ3) is 3.10. The summed E-state index contributed by atoms with van der Waals surface area (Å²) in [6.45, 7) is 8.35. The summed E-state index contributed by atoms with van der Waals surface area (Å²) in [5, 5.41) is 22.1. The first-order chi connectivity index (χ1) is 12.8. The summed E-state index contributed by atoms with van der Waals surface area (Å²) in [4.78, 5) is 0. The highest BCUT2D eigenvalue weighted by molar-refractivity contribution is 5.12. The Labute approximate surface area is 165 Å². The Morgan fingerprint density at radius 1 is 0.926 bits per heavy atom. The monoisotopic (exact) mass is 380 g/mol. The summed E-state index contributed by atoms with van der Waals surface area (Å²) in [5.41, 5.74) is 0.388. The molecule has 4 saturated carbocycles. The van der Waals surface area contributed by atoms with Crippen LogP contribution in [0.2, 0.25) is 0 Å². The molecule has 0 aromatic carbocycles.